The Morgan fingerprint density at radius 2 is 2.00 bits per heavy atom. The number of carbonyl (C=O) groups excluding carboxylic acids is 2. The maximum atomic E-state index is 12.1. The van der Waals surface area contributed by atoms with Gasteiger partial charge in [0.1, 0.15) is 5.75 Å². The molecule has 7 heteroatoms. The zero-order valence-electron chi connectivity index (χ0n) is 12.9. The number of aromatic nitrogens is 2. The molecule has 0 spiro atoms. The third-order valence-corrected chi connectivity index (χ3v) is 3.35. The van der Waals surface area contributed by atoms with Crippen LogP contribution in [0.15, 0.2) is 48.5 Å². The van der Waals surface area contributed by atoms with Crippen molar-refractivity contribution in [1.82, 2.24) is 10.2 Å². The van der Waals surface area contributed by atoms with Gasteiger partial charge in [0, 0.05) is 17.1 Å². The van der Waals surface area contributed by atoms with Gasteiger partial charge < -0.3 is 14.8 Å². The summed E-state index contributed by atoms with van der Waals surface area (Å²) in [5.41, 5.74) is 1.44. The maximum Gasteiger partial charge on any atom is 0.359 e. The first-order chi connectivity index (χ1) is 11.7. The summed E-state index contributed by atoms with van der Waals surface area (Å²) < 4.78 is 10.1. The Morgan fingerprint density at radius 1 is 1.17 bits per heavy atom. The second-order valence-corrected chi connectivity index (χ2v) is 4.97. The lowest BCUT2D eigenvalue weighted by molar-refractivity contribution is -0.119. The summed E-state index contributed by atoms with van der Waals surface area (Å²) in [5, 5.41) is 9.95. The molecular weight excluding hydrogens is 310 g/mol. The van der Waals surface area contributed by atoms with E-state index in [0.717, 1.165) is 5.52 Å². The number of H-pyrrole nitrogens is 1. The summed E-state index contributed by atoms with van der Waals surface area (Å²) in [6, 6.07) is 14.1. The van der Waals surface area contributed by atoms with Crippen LogP contribution in [-0.4, -0.2) is 35.8 Å². The fraction of sp³-hybridized carbons (Fsp3) is 0.118. The monoisotopic (exact) mass is 325 g/mol. The molecule has 2 aromatic carbocycles. The normalized spacial score (nSPS) is 10.4. The highest BCUT2D eigenvalue weighted by Gasteiger charge is 2.16. The van der Waals surface area contributed by atoms with Gasteiger partial charge in [0.2, 0.25) is 0 Å². The van der Waals surface area contributed by atoms with Gasteiger partial charge in [0.25, 0.3) is 5.91 Å². The number of anilines is 1. The largest absolute Gasteiger partial charge is 0.497 e. The summed E-state index contributed by atoms with van der Waals surface area (Å²) >= 11 is 0. The summed E-state index contributed by atoms with van der Waals surface area (Å²) in [5.74, 6) is -0.488. The van der Waals surface area contributed by atoms with Crippen molar-refractivity contribution >= 4 is 28.5 Å². The number of amides is 1. The molecule has 3 aromatic rings. The fourth-order valence-electron chi connectivity index (χ4n) is 2.22. The number of nitrogens with zero attached hydrogens (tertiary/aromatic N) is 1. The second-order valence-electron chi connectivity index (χ2n) is 4.97. The molecule has 1 amide bonds. The third-order valence-electron chi connectivity index (χ3n) is 3.35. The lowest BCUT2D eigenvalue weighted by Gasteiger charge is -2.07. The molecule has 0 aliphatic carbocycles. The van der Waals surface area contributed by atoms with Crippen LogP contribution < -0.4 is 10.1 Å². The predicted molar refractivity (Wildman–Crippen MR) is 88.0 cm³/mol. The molecular formula is C17H15N3O4. The van der Waals surface area contributed by atoms with Crippen LogP contribution in [0.1, 0.15) is 10.5 Å². The fourth-order valence-corrected chi connectivity index (χ4v) is 2.22. The Bertz CT molecular complexity index is 888. The van der Waals surface area contributed by atoms with Crippen molar-refractivity contribution in [2.24, 2.45) is 0 Å². The highest BCUT2D eigenvalue weighted by atomic mass is 16.5. The van der Waals surface area contributed by atoms with E-state index in [-0.39, 0.29) is 5.69 Å². The number of benzene rings is 2. The van der Waals surface area contributed by atoms with Crippen molar-refractivity contribution in [2.75, 3.05) is 19.0 Å². The molecule has 0 unspecified atom stereocenters. The van der Waals surface area contributed by atoms with Gasteiger partial charge in [-0.1, -0.05) is 24.3 Å². The van der Waals surface area contributed by atoms with Gasteiger partial charge in [-0.05, 0) is 18.2 Å². The molecule has 2 N–H and O–H groups in total. The average molecular weight is 325 g/mol. The molecule has 0 saturated carbocycles. The minimum absolute atomic E-state index is 0.153. The van der Waals surface area contributed by atoms with Crippen molar-refractivity contribution in [2.45, 2.75) is 0 Å². The molecule has 7 nitrogen and oxygen atoms in total. The van der Waals surface area contributed by atoms with E-state index in [1.165, 1.54) is 7.11 Å². The smallest absolute Gasteiger partial charge is 0.359 e. The molecule has 122 valence electrons. The van der Waals surface area contributed by atoms with Crippen LogP contribution in [0, 0.1) is 0 Å². The number of rotatable bonds is 5. The number of aromatic amines is 1. The van der Waals surface area contributed by atoms with Gasteiger partial charge in [0.05, 0.1) is 12.6 Å². The average Bonchev–Trinajstić information content (AvgIpc) is 3.04. The maximum absolute atomic E-state index is 12.1. The third kappa shape index (κ3) is 3.35. The zero-order valence-corrected chi connectivity index (χ0v) is 12.9. The van der Waals surface area contributed by atoms with Gasteiger partial charge in [-0.25, -0.2) is 4.79 Å². The van der Waals surface area contributed by atoms with Crippen molar-refractivity contribution in [3.63, 3.8) is 0 Å². The molecule has 1 heterocycles. The minimum Gasteiger partial charge on any atom is -0.497 e. The van der Waals surface area contributed by atoms with Gasteiger partial charge in [-0.15, -0.1) is 0 Å². The van der Waals surface area contributed by atoms with E-state index < -0.39 is 18.5 Å². The van der Waals surface area contributed by atoms with Crippen molar-refractivity contribution in [1.29, 1.82) is 0 Å². The first-order valence-electron chi connectivity index (χ1n) is 7.21. The van der Waals surface area contributed by atoms with Crippen LogP contribution in [0.4, 0.5) is 5.69 Å². The van der Waals surface area contributed by atoms with Crippen LogP contribution in [-0.2, 0) is 9.53 Å². The molecule has 0 atom stereocenters. The Labute approximate surface area is 137 Å². The molecule has 0 aliphatic rings. The number of para-hydroxylation sites is 1. The van der Waals surface area contributed by atoms with Gasteiger partial charge in [-0.2, -0.15) is 5.10 Å². The number of carbonyl (C=O) groups is 2. The van der Waals surface area contributed by atoms with Crippen LogP contribution in [0.25, 0.3) is 10.9 Å². The first-order valence-corrected chi connectivity index (χ1v) is 7.21. The van der Waals surface area contributed by atoms with E-state index in [4.69, 9.17) is 9.47 Å². The van der Waals surface area contributed by atoms with Crippen LogP contribution in [0.3, 0.4) is 0 Å². The van der Waals surface area contributed by atoms with Crippen LogP contribution in [0.2, 0.25) is 0 Å². The Balaban J connectivity index is 1.60. The van der Waals surface area contributed by atoms with E-state index in [9.17, 15) is 9.59 Å². The lowest BCUT2D eigenvalue weighted by Crippen LogP contribution is -2.21. The van der Waals surface area contributed by atoms with Crippen molar-refractivity contribution < 1.29 is 19.1 Å². The number of fused-ring (bicyclic) bond motifs is 1. The Morgan fingerprint density at radius 3 is 2.83 bits per heavy atom. The van der Waals surface area contributed by atoms with E-state index >= 15 is 0 Å². The quantitative estimate of drug-likeness (QED) is 0.702. The van der Waals surface area contributed by atoms with Gasteiger partial charge in [-0.3, -0.25) is 9.89 Å². The lowest BCUT2D eigenvalue weighted by atomic mass is 10.2. The van der Waals surface area contributed by atoms with E-state index in [1.54, 1.807) is 42.5 Å². The molecule has 3 rings (SSSR count). The minimum atomic E-state index is -0.659. The number of hydrogen-bond acceptors (Lipinski definition) is 5. The van der Waals surface area contributed by atoms with E-state index in [1.807, 2.05) is 6.07 Å². The van der Waals surface area contributed by atoms with Crippen molar-refractivity contribution in [3.05, 3.63) is 54.2 Å². The molecule has 0 saturated heterocycles. The number of methoxy groups -OCH3 is 1. The zero-order chi connectivity index (χ0) is 16.9. The molecule has 0 aliphatic heterocycles. The van der Waals surface area contributed by atoms with Crippen LogP contribution in [0.5, 0.6) is 5.75 Å². The SMILES string of the molecule is COc1cccc(NC(=O)COC(=O)c2n[nH]c3ccccc23)c1. The standard InChI is InChI=1S/C17H15N3O4/c1-23-12-6-4-5-11(9-12)18-15(21)10-24-17(22)16-13-7-2-3-8-14(13)19-20-16/h2-9H,10H2,1H3,(H,18,21)(H,19,20). The first kappa shape index (κ1) is 15.5. The van der Waals surface area contributed by atoms with E-state index in [0.29, 0.717) is 16.8 Å². The van der Waals surface area contributed by atoms with Crippen LogP contribution >= 0.6 is 0 Å². The molecule has 1 aromatic heterocycles. The summed E-state index contributed by atoms with van der Waals surface area (Å²) in [6.07, 6.45) is 0. The molecule has 0 radical (unpaired) electrons. The molecule has 24 heavy (non-hydrogen) atoms. The number of nitrogens with one attached hydrogen (secondary N) is 2. The summed E-state index contributed by atoms with van der Waals surface area (Å²) in [6.45, 7) is -0.406. The molecule has 0 bridgehead atoms. The number of ether oxygens (including phenoxy) is 2. The van der Waals surface area contributed by atoms with Gasteiger partial charge in [0.15, 0.2) is 12.3 Å². The number of hydrogen-bond donors (Lipinski definition) is 2. The summed E-state index contributed by atoms with van der Waals surface area (Å²) in [4.78, 5) is 24.0. The number of esters is 1. The predicted octanol–water partition coefficient (Wildman–Crippen LogP) is 2.37. The summed E-state index contributed by atoms with van der Waals surface area (Å²) in [7, 11) is 1.54. The highest BCUT2D eigenvalue weighted by Crippen LogP contribution is 2.17. The Kier molecular flexibility index (Phi) is 4.42. The van der Waals surface area contributed by atoms with Crippen molar-refractivity contribution in [3.8, 4) is 5.75 Å². The van der Waals surface area contributed by atoms with Gasteiger partial charge >= 0.3 is 5.97 Å². The highest BCUT2D eigenvalue weighted by molar-refractivity contribution is 6.03. The molecule has 0 fully saturated rings. The van der Waals surface area contributed by atoms with E-state index in [2.05, 4.69) is 15.5 Å². The second kappa shape index (κ2) is 6.82. The topological polar surface area (TPSA) is 93.3 Å². The Hall–Kier alpha value is -3.35.